The van der Waals surface area contributed by atoms with Gasteiger partial charge in [-0.15, -0.1) is 23.5 Å². The molecule has 3 aliphatic heterocycles. The first-order chi connectivity index (χ1) is 17.6. The number of benzene rings is 2. The van der Waals surface area contributed by atoms with Crippen molar-refractivity contribution in [2.75, 3.05) is 11.5 Å². The van der Waals surface area contributed by atoms with Crippen LogP contribution in [0.2, 0.25) is 0 Å². The van der Waals surface area contributed by atoms with E-state index in [9.17, 15) is 10.5 Å². The van der Waals surface area contributed by atoms with Crippen LogP contribution in [0, 0.1) is 22.7 Å². The van der Waals surface area contributed by atoms with Gasteiger partial charge in [0.15, 0.2) is 0 Å². The summed E-state index contributed by atoms with van der Waals surface area (Å²) in [6.45, 7) is 4.46. The molecule has 0 spiro atoms. The van der Waals surface area contributed by atoms with Gasteiger partial charge < -0.3 is 0 Å². The summed E-state index contributed by atoms with van der Waals surface area (Å²) in [6, 6.07) is 20.5. The molecule has 2 aromatic rings. The molecule has 0 aliphatic carbocycles. The van der Waals surface area contributed by atoms with Gasteiger partial charge in [-0.2, -0.15) is 10.5 Å². The Morgan fingerprint density at radius 3 is 1.31 bits per heavy atom. The third-order valence-electron chi connectivity index (χ3n) is 5.71. The molecule has 2 aromatic carbocycles. The lowest BCUT2D eigenvalue weighted by atomic mass is 9.93. The van der Waals surface area contributed by atoms with Gasteiger partial charge in [0.1, 0.15) is 0 Å². The zero-order chi connectivity index (χ0) is 25.1. The molecule has 0 N–H and O–H groups in total. The first-order valence-electron chi connectivity index (χ1n) is 11.5. The van der Waals surface area contributed by atoms with Gasteiger partial charge in [-0.1, -0.05) is 71.3 Å². The smallest absolute Gasteiger partial charge is 0.0991 e. The zero-order valence-electron chi connectivity index (χ0n) is 19.8. The Labute approximate surface area is 238 Å². The lowest BCUT2D eigenvalue weighted by molar-refractivity contribution is 0.910. The van der Waals surface area contributed by atoms with Crippen molar-refractivity contribution in [1.29, 1.82) is 10.5 Å². The van der Waals surface area contributed by atoms with Crippen LogP contribution in [0.1, 0.15) is 48.9 Å². The summed E-state index contributed by atoms with van der Waals surface area (Å²) >= 11 is 11.5. The standard InChI is InChI=1S/C28H22N2S6/c1-17-25-31-13-3-4-14-32-26-18(2)34-28(36-26)24(22-11-7-20(16-30)8-12-22)23(27(33-17)35-25)21-9-5-19(15-29)6-10-21/h5-12H,3-4,13-14H2,1-2H3/b27-23-,28-24-. The van der Waals surface area contributed by atoms with Gasteiger partial charge in [-0.25, -0.2) is 0 Å². The number of hydrogen-bond acceptors (Lipinski definition) is 8. The highest BCUT2D eigenvalue weighted by atomic mass is 32.2. The molecular formula is C28H22N2S6. The maximum Gasteiger partial charge on any atom is 0.0991 e. The molecule has 4 bridgehead atoms. The van der Waals surface area contributed by atoms with Gasteiger partial charge in [0.05, 0.1) is 40.2 Å². The normalized spacial score (nSPS) is 22.9. The lowest BCUT2D eigenvalue weighted by Gasteiger charge is -2.19. The maximum atomic E-state index is 9.40. The topological polar surface area (TPSA) is 47.6 Å². The van der Waals surface area contributed by atoms with Crippen LogP contribution in [0.4, 0.5) is 0 Å². The molecule has 180 valence electrons. The van der Waals surface area contributed by atoms with Crippen molar-refractivity contribution in [3.05, 3.63) is 97.5 Å². The number of nitrogens with zero attached hydrogens (tertiary/aromatic N) is 2. The van der Waals surface area contributed by atoms with Crippen molar-refractivity contribution in [2.24, 2.45) is 0 Å². The Hall–Kier alpha value is -1.52. The molecule has 0 unspecified atom stereocenters. The molecule has 0 fully saturated rings. The minimum absolute atomic E-state index is 0.663. The van der Waals surface area contributed by atoms with E-state index in [1.807, 2.05) is 94.8 Å². The Morgan fingerprint density at radius 1 is 0.556 bits per heavy atom. The molecule has 5 rings (SSSR count). The van der Waals surface area contributed by atoms with Crippen LogP contribution in [-0.2, 0) is 0 Å². The summed E-state index contributed by atoms with van der Waals surface area (Å²) in [4.78, 5) is 2.72. The van der Waals surface area contributed by atoms with Crippen LogP contribution in [0.25, 0.3) is 11.1 Å². The summed E-state index contributed by atoms with van der Waals surface area (Å²) in [5.41, 5.74) is 5.97. The number of rotatable bonds is 2. The molecule has 8 heteroatoms. The molecule has 0 amide bonds. The van der Waals surface area contributed by atoms with E-state index in [4.69, 9.17) is 0 Å². The highest BCUT2D eigenvalue weighted by molar-refractivity contribution is 8.36. The van der Waals surface area contributed by atoms with Gasteiger partial charge in [-0.05, 0) is 73.6 Å². The van der Waals surface area contributed by atoms with E-state index in [2.05, 4.69) is 50.3 Å². The highest BCUT2D eigenvalue weighted by Gasteiger charge is 2.30. The second-order valence-corrected chi connectivity index (χ2v) is 15.9. The third-order valence-corrected chi connectivity index (χ3v) is 14.1. The molecule has 0 radical (unpaired) electrons. The van der Waals surface area contributed by atoms with Crippen LogP contribution >= 0.6 is 70.6 Å². The van der Waals surface area contributed by atoms with Crippen molar-refractivity contribution in [1.82, 2.24) is 0 Å². The highest BCUT2D eigenvalue weighted by Crippen LogP contribution is 2.62. The largest absolute Gasteiger partial charge is 0.192 e. The minimum atomic E-state index is 0.663. The number of hydrogen-bond donors (Lipinski definition) is 0. The van der Waals surface area contributed by atoms with E-state index < -0.39 is 0 Å². The number of thioether (sulfide) groups is 6. The fourth-order valence-electron chi connectivity index (χ4n) is 3.87. The Kier molecular flexibility index (Phi) is 8.63. The van der Waals surface area contributed by atoms with E-state index in [0.717, 1.165) is 22.6 Å². The van der Waals surface area contributed by atoms with Crippen molar-refractivity contribution in [3.63, 3.8) is 0 Å². The summed E-state index contributed by atoms with van der Waals surface area (Å²) in [5.74, 6) is 2.29. The first kappa shape index (κ1) is 26.1. The monoisotopic (exact) mass is 578 g/mol. The Balaban J connectivity index is 1.74. The maximum absolute atomic E-state index is 9.40. The van der Waals surface area contributed by atoms with Crippen LogP contribution < -0.4 is 0 Å². The number of allylic oxidation sites excluding steroid dienone is 4. The van der Waals surface area contributed by atoms with Crippen LogP contribution in [0.5, 0.6) is 0 Å². The van der Waals surface area contributed by atoms with E-state index >= 15 is 0 Å². The number of fused-ring (bicyclic) bond motifs is 4. The van der Waals surface area contributed by atoms with Crippen LogP contribution in [0.3, 0.4) is 0 Å². The van der Waals surface area contributed by atoms with Crippen LogP contribution in [-0.4, -0.2) is 11.5 Å². The predicted octanol–water partition coefficient (Wildman–Crippen LogP) is 10.1. The molecule has 3 aliphatic rings. The fraction of sp³-hybridized carbons (Fsp3) is 0.214. The van der Waals surface area contributed by atoms with Gasteiger partial charge in [0.25, 0.3) is 0 Å². The molecule has 36 heavy (non-hydrogen) atoms. The van der Waals surface area contributed by atoms with Gasteiger partial charge in [-0.3, -0.25) is 0 Å². The molecule has 3 heterocycles. The number of nitriles is 2. The van der Waals surface area contributed by atoms with Crippen molar-refractivity contribution in [3.8, 4) is 12.1 Å². The molecule has 0 atom stereocenters. The quantitative estimate of drug-likeness (QED) is 0.349. The molecule has 0 saturated carbocycles. The lowest BCUT2D eigenvalue weighted by Crippen LogP contribution is -1.96. The Morgan fingerprint density at radius 2 is 0.944 bits per heavy atom. The van der Waals surface area contributed by atoms with E-state index in [1.165, 1.54) is 50.7 Å². The van der Waals surface area contributed by atoms with Gasteiger partial charge in [0, 0.05) is 21.0 Å². The average Bonchev–Trinajstić information content (AvgIpc) is 3.45. The zero-order valence-corrected chi connectivity index (χ0v) is 24.7. The second kappa shape index (κ2) is 11.9. The van der Waals surface area contributed by atoms with E-state index in [0.29, 0.717) is 11.1 Å². The summed E-state index contributed by atoms with van der Waals surface area (Å²) in [5, 5.41) is 18.8. The third kappa shape index (κ3) is 5.65. The molecule has 0 aromatic heterocycles. The average molecular weight is 579 g/mol. The second-order valence-electron chi connectivity index (χ2n) is 8.20. The molecular weight excluding hydrogens is 557 g/mol. The van der Waals surface area contributed by atoms with Crippen LogP contribution in [0.15, 0.2) is 75.3 Å². The summed E-state index contributed by atoms with van der Waals surface area (Å²) in [6.07, 6.45) is 2.45. The first-order valence-corrected chi connectivity index (χ1v) is 16.7. The molecule has 0 saturated heterocycles. The Bertz CT molecular complexity index is 1290. The predicted molar refractivity (Wildman–Crippen MR) is 166 cm³/mol. The minimum Gasteiger partial charge on any atom is -0.192 e. The van der Waals surface area contributed by atoms with Gasteiger partial charge in [0.2, 0.25) is 0 Å². The fourth-order valence-corrected chi connectivity index (χ4v) is 12.5. The molecule has 2 nitrogen and oxygen atoms in total. The van der Waals surface area contributed by atoms with Crippen molar-refractivity contribution < 1.29 is 0 Å². The van der Waals surface area contributed by atoms with Gasteiger partial charge >= 0.3 is 0 Å². The SMILES string of the molecule is CC1=C2SCCCCSC3=C(C)S/C(=C(c4ccc(C#N)cc4)/C(c4ccc(C#N)cc4)=C(/S1)S2)S3. The van der Waals surface area contributed by atoms with E-state index in [-0.39, 0.29) is 0 Å². The van der Waals surface area contributed by atoms with Crippen molar-refractivity contribution >= 4 is 81.7 Å². The summed E-state index contributed by atoms with van der Waals surface area (Å²) in [7, 11) is 0. The van der Waals surface area contributed by atoms with E-state index in [1.54, 1.807) is 0 Å². The van der Waals surface area contributed by atoms with Crippen molar-refractivity contribution in [2.45, 2.75) is 26.7 Å². The summed E-state index contributed by atoms with van der Waals surface area (Å²) < 4.78 is 5.36.